The van der Waals surface area contributed by atoms with Crippen molar-refractivity contribution in [1.29, 1.82) is 0 Å². The summed E-state index contributed by atoms with van der Waals surface area (Å²) >= 11 is 14.7. The predicted octanol–water partition coefficient (Wildman–Crippen LogP) is 3.12. The quantitative estimate of drug-likeness (QED) is 0.853. The lowest BCUT2D eigenvalue weighted by molar-refractivity contribution is 0.0956. The Morgan fingerprint density at radius 1 is 1.36 bits per heavy atom. The first kappa shape index (κ1) is 11.8. The van der Waals surface area contributed by atoms with E-state index >= 15 is 0 Å². The van der Waals surface area contributed by atoms with Crippen molar-refractivity contribution in [3.8, 4) is 0 Å². The third kappa shape index (κ3) is 3.15. The molecular weight excluding hydrogens is 289 g/mol. The standard InChI is InChI=1S/C9H8BrCl2NO/c10-3-4-13-9(14)6-1-2-7(11)8(12)5-6/h1-2,5H,3-4H2,(H,13,14). The maximum atomic E-state index is 11.4. The second kappa shape index (κ2) is 5.59. The van der Waals surface area contributed by atoms with Crippen molar-refractivity contribution in [2.75, 3.05) is 11.9 Å². The van der Waals surface area contributed by atoms with Gasteiger partial charge in [0.1, 0.15) is 0 Å². The first-order valence-corrected chi connectivity index (χ1v) is 5.82. The number of rotatable bonds is 3. The van der Waals surface area contributed by atoms with Crippen LogP contribution in [0.4, 0.5) is 0 Å². The van der Waals surface area contributed by atoms with Crippen LogP contribution in [0.25, 0.3) is 0 Å². The lowest BCUT2D eigenvalue weighted by Crippen LogP contribution is -2.25. The summed E-state index contributed by atoms with van der Waals surface area (Å²) in [6.45, 7) is 0.582. The molecule has 0 heterocycles. The number of carbonyl (C=O) groups excluding carboxylic acids is 1. The monoisotopic (exact) mass is 295 g/mol. The summed E-state index contributed by atoms with van der Waals surface area (Å²) in [4.78, 5) is 11.4. The normalized spacial score (nSPS) is 9.93. The fraction of sp³-hybridized carbons (Fsp3) is 0.222. The largest absolute Gasteiger partial charge is 0.351 e. The highest BCUT2D eigenvalue weighted by atomic mass is 79.9. The molecule has 0 unspecified atom stereocenters. The molecule has 0 spiro atoms. The van der Waals surface area contributed by atoms with E-state index in [1.54, 1.807) is 18.2 Å². The molecule has 0 radical (unpaired) electrons. The fourth-order valence-corrected chi connectivity index (χ4v) is 1.40. The number of halogens is 3. The molecule has 0 saturated heterocycles. The van der Waals surface area contributed by atoms with Gasteiger partial charge < -0.3 is 5.32 Å². The van der Waals surface area contributed by atoms with Crippen molar-refractivity contribution in [1.82, 2.24) is 5.32 Å². The smallest absolute Gasteiger partial charge is 0.251 e. The topological polar surface area (TPSA) is 29.1 Å². The van der Waals surface area contributed by atoms with E-state index in [0.29, 0.717) is 22.2 Å². The van der Waals surface area contributed by atoms with E-state index in [0.717, 1.165) is 5.33 Å². The van der Waals surface area contributed by atoms with Gasteiger partial charge in [0.05, 0.1) is 10.0 Å². The van der Waals surface area contributed by atoms with Gasteiger partial charge in [-0.2, -0.15) is 0 Å². The minimum absolute atomic E-state index is 0.150. The lowest BCUT2D eigenvalue weighted by Gasteiger charge is -2.03. The molecular formula is C9H8BrCl2NO. The van der Waals surface area contributed by atoms with E-state index in [1.165, 1.54) is 0 Å². The van der Waals surface area contributed by atoms with E-state index in [1.807, 2.05) is 0 Å². The predicted molar refractivity (Wildman–Crippen MR) is 62.6 cm³/mol. The van der Waals surface area contributed by atoms with E-state index in [2.05, 4.69) is 21.2 Å². The van der Waals surface area contributed by atoms with Gasteiger partial charge in [-0.15, -0.1) is 0 Å². The molecule has 1 aromatic rings. The molecule has 1 N–H and O–H groups in total. The molecule has 1 amide bonds. The van der Waals surface area contributed by atoms with Gasteiger partial charge in [0.2, 0.25) is 0 Å². The third-order valence-corrected chi connectivity index (χ3v) is 2.70. The van der Waals surface area contributed by atoms with Crippen molar-refractivity contribution in [3.05, 3.63) is 33.8 Å². The summed E-state index contributed by atoms with van der Waals surface area (Å²) in [5.41, 5.74) is 0.514. The van der Waals surface area contributed by atoms with Crippen LogP contribution >= 0.6 is 39.1 Å². The van der Waals surface area contributed by atoms with Crippen LogP contribution in [-0.4, -0.2) is 17.8 Å². The Balaban J connectivity index is 2.76. The molecule has 0 aromatic heterocycles. The van der Waals surface area contributed by atoms with E-state index < -0.39 is 0 Å². The summed E-state index contributed by atoms with van der Waals surface area (Å²) in [5.74, 6) is -0.150. The van der Waals surface area contributed by atoms with Crippen LogP contribution in [0.15, 0.2) is 18.2 Å². The van der Waals surface area contributed by atoms with Crippen LogP contribution in [0, 0.1) is 0 Å². The van der Waals surface area contributed by atoms with Gasteiger partial charge in [-0.3, -0.25) is 4.79 Å². The first-order valence-electron chi connectivity index (χ1n) is 3.94. The molecule has 1 aromatic carbocycles. The van der Waals surface area contributed by atoms with Gasteiger partial charge in [-0.05, 0) is 18.2 Å². The van der Waals surface area contributed by atoms with E-state index in [9.17, 15) is 4.79 Å². The molecule has 76 valence electrons. The first-order chi connectivity index (χ1) is 6.65. The highest BCUT2D eigenvalue weighted by Gasteiger charge is 2.06. The Hall–Kier alpha value is -0.250. The maximum absolute atomic E-state index is 11.4. The molecule has 0 aliphatic carbocycles. The Kier molecular flexibility index (Phi) is 4.72. The summed E-state index contributed by atoms with van der Waals surface area (Å²) in [7, 11) is 0. The summed E-state index contributed by atoms with van der Waals surface area (Å²) in [6.07, 6.45) is 0. The van der Waals surface area contributed by atoms with Crippen molar-refractivity contribution in [2.45, 2.75) is 0 Å². The lowest BCUT2D eigenvalue weighted by atomic mass is 10.2. The van der Waals surface area contributed by atoms with Crippen molar-refractivity contribution < 1.29 is 4.79 Å². The van der Waals surface area contributed by atoms with Crippen LogP contribution in [0.2, 0.25) is 10.0 Å². The number of benzene rings is 1. The molecule has 2 nitrogen and oxygen atoms in total. The molecule has 0 bridgehead atoms. The third-order valence-electron chi connectivity index (χ3n) is 1.56. The average Bonchev–Trinajstić information content (AvgIpc) is 2.18. The minimum atomic E-state index is -0.150. The summed E-state index contributed by atoms with van der Waals surface area (Å²) in [5, 5.41) is 4.27. The van der Waals surface area contributed by atoms with Crippen molar-refractivity contribution in [2.24, 2.45) is 0 Å². The maximum Gasteiger partial charge on any atom is 0.251 e. The van der Waals surface area contributed by atoms with Gasteiger partial charge in [0.25, 0.3) is 5.91 Å². The van der Waals surface area contributed by atoms with Crippen LogP contribution < -0.4 is 5.32 Å². The molecule has 0 aliphatic heterocycles. The van der Waals surface area contributed by atoms with Crippen molar-refractivity contribution >= 4 is 45.0 Å². The zero-order valence-electron chi connectivity index (χ0n) is 7.19. The van der Waals surface area contributed by atoms with E-state index in [4.69, 9.17) is 23.2 Å². The number of hydrogen-bond donors (Lipinski definition) is 1. The Bertz CT molecular complexity index is 344. The van der Waals surface area contributed by atoms with Crippen LogP contribution in [0.3, 0.4) is 0 Å². The van der Waals surface area contributed by atoms with Gasteiger partial charge in [-0.1, -0.05) is 39.1 Å². The zero-order chi connectivity index (χ0) is 10.6. The summed E-state index contributed by atoms with van der Waals surface area (Å²) < 4.78 is 0. The number of nitrogens with one attached hydrogen (secondary N) is 1. The average molecular weight is 297 g/mol. The van der Waals surface area contributed by atoms with Gasteiger partial charge in [0, 0.05) is 17.4 Å². The number of amides is 1. The highest BCUT2D eigenvalue weighted by molar-refractivity contribution is 9.09. The molecule has 5 heteroatoms. The number of carbonyl (C=O) groups is 1. The molecule has 0 saturated carbocycles. The van der Waals surface area contributed by atoms with Gasteiger partial charge in [0.15, 0.2) is 0 Å². The fourth-order valence-electron chi connectivity index (χ4n) is 0.900. The molecule has 1 rings (SSSR count). The Labute approximate surface area is 101 Å². The SMILES string of the molecule is O=C(NCCBr)c1ccc(Cl)c(Cl)c1. The van der Waals surface area contributed by atoms with Crippen LogP contribution in [0.1, 0.15) is 10.4 Å². The van der Waals surface area contributed by atoms with Gasteiger partial charge >= 0.3 is 0 Å². The van der Waals surface area contributed by atoms with Gasteiger partial charge in [-0.25, -0.2) is 0 Å². The minimum Gasteiger partial charge on any atom is -0.351 e. The zero-order valence-corrected chi connectivity index (χ0v) is 10.3. The number of hydrogen-bond acceptors (Lipinski definition) is 1. The number of alkyl halides is 1. The second-order valence-electron chi connectivity index (χ2n) is 2.57. The Morgan fingerprint density at radius 3 is 2.64 bits per heavy atom. The van der Waals surface area contributed by atoms with E-state index in [-0.39, 0.29) is 5.91 Å². The molecule has 14 heavy (non-hydrogen) atoms. The van der Waals surface area contributed by atoms with Crippen LogP contribution in [0.5, 0.6) is 0 Å². The molecule has 0 aliphatic rings. The molecule has 0 atom stereocenters. The summed E-state index contributed by atoms with van der Waals surface area (Å²) in [6, 6.07) is 4.79. The highest BCUT2D eigenvalue weighted by Crippen LogP contribution is 2.22. The Morgan fingerprint density at radius 2 is 2.07 bits per heavy atom. The van der Waals surface area contributed by atoms with Crippen molar-refractivity contribution in [3.63, 3.8) is 0 Å². The second-order valence-corrected chi connectivity index (χ2v) is 4.18. The molecule has 0 fully saturated rings. The van der Waals surface area contributed by atoms with Crippen LogP contribution in [-0.2, 0) is 0 Å².